The van der Waals surface area contributed by atoms with Crippen LogP contribution in [0, 0.1) is 17.4 Å². The molecule has 1 aliphatic heterocycles. The van der Waals surface area contributed by atoms with E-state index in [-0.39, 0.29) is 0 Å². The maximum Gasteiger partial charge on any atom is 0.285 e. The van der Waals surface area contributed by atoms with Crippen LogP contribution in [0.15, 0.2) is 42.5 Å². The first-order valence-corrected chi connectivity index (χ1v) is 8.84. The summed E-state index contributed by atoms with van der Waals surface area (Å²) in [6.45, 7) is 6.61. The molecule has 0 fully saturated rings. The molecule has 114 valence electrons. The van der Waals surface area contributed by atoms with E-state index in [0.717, 1.165) is 13.1 Å². The predicted molar refractivity (Wildman–Crippen MR) is 102 cm³/mol. The lowest BCUT2D eigenvalue weighted by Gasteiger charge is -2.27. The maximum atomic E-state index is 2.49. The lowest BCUT2D eigenvalue weighted by Crippen LogP contribution is -2.44. The van der Waals surface area contributed by atoms with E-state index < -0.39 is 0 Å². The Balaban J connectivity index is 2.16. The van der Waals surface area contributed by atoms with Crippen LogP contribution in [0.2, 0.25) is 0 Å². The first kappa shape index (κ1) is 15.5. The predicted octanol–water partition coefficient (Wildman–Crippen LogP) is 4.21. The smallest absolute Gasteiger partial charge is 0.264 e. The van der Waals surface area contributed by atoms with Gasteiger partial charge >= 0.3 is 0 Å². The van der Waals surface area contributed by atoms with E-state index in [9.17, 15) is 0 Å². The molecule has 1 aliphatic rings. The highest BCUT2D eigenvalue weighted by Crippen LogP contribution is 2.27. The summed E-state index contributed by atoms with van der Waals surface area (Å²) in [5.41, 5.74) is 5.39. The quantitative estimate of drug-likeness (QED) is 0.536. The minimum absolute atomic E-state index is 1.08. The molecule has 0 bridgehead atoms. The van der Waals surface area contributed by atoms with Gasteiger partial charge in [-0.25, -0.2) is 4.90 Å². The molecule has 2 aromatic carbocycles. The van der Waals surface area contributed by atoms with E-state index in [2.05, 4.69) is 95.4 Å². The van der Waals surface area contributed by atoms with Crippen LogP contribution < -0.4 is 4.90 Å². The number of rotatable bonds is 2. The molecule has 1 heterocycles. The number of halogens is 1. The molecule has 0 aliphatic carbocycles. The van der Waals surface area contributed by atoms with Crippen LogP contribution in [0.25, 0.3) is 0 Å². The summed E-state index contributed by atoms with van der Waals surface area (Å²) in [6.07, 6.45) is 1.19. The molecule has 3 rings (SSSR count). The summed E-state index contributed by atoms with van der Waals surface area (Å²) >= 11 is 2.44. The summed E-state index contributed by atoms with van der Waals surface area (Å²) in [7, 11) is 2.20. The second-order valence-electron chi connectivity index (χ2n) is 5.95. The van der Waals surface area contributed by atoms with Crippen molar-refractivity contribution in [3.63, 3.8) is 0 Å². The van der Waals surface area contributed by atoms with Crippen LogP contribution in [-0.2, 0) is 0 Å². The molecule has 0 unspecified atom stereocenters. The third-order valence-corrected chi connectivity index (χ3v) is 5.41. The number of benzene rings is 2. The molecule has 0 aromatic heterocycles. The van der Waals surface area contributed by atoms with Gasteiger partial charge in [0.25, 0.3) is 5.84 Å². The Morgan fingerprint density at radius 3 is 2.59 bits per heavy atom. The molecule has 2 nitrogen and oxygen atoms in total. The van der Waals surface area contributed by atoms with Crippen molar-refractivity contribution in [3.8, 4) is 0 Å². The molecule has 0 atom stereocenters. The maximum absolute atomic E-state index is 2.49. The van der Waals surface area contributed by atoms with E-state index in [1.165, 1.54) is 38.2 Å². The van der Waals surface area contributed by atoms with E-state index in [0.29, 0.717) is 0 Å². The van der Waals surface area contributed by atoms with Gasteiger partial charge in [0, 0.05) is 9.99 Å². The van der Waals surface area contributed by atoms with E-state index >= 15 is 0 Å². The molecule has 0 radical (unpaired) electrons. The van der Waals surface area contributed by atoms with Crippen molar-refractivity contribution in [1.29, 1.82) is 0 Å². The molecule has 2 aromatic rings. The zero-order valence-corrected chi connectivity index (χ0v) is 15.6. The van der Waals surface area contributed by atoms with Gasteiger partial charge in [-0.05, 0) is 65.8 Å². The zero-order valence-electron chi connectivity index (χ0n) is 13.4. The van der Waals surface area contributed by atoms with Gasteiger partial charge in [0.2, 0.25) is 0 Å². The average Bonchev–Trinajstić information content (AvgIpc) is 2.51. The Hall–Kier alpha value is -1.36. The molecular weight excluding hydrogens is 383 g/mol. The Bertz CT molecular complexity index is 734. The molecule has 0 amide bonds. The SMILES string of the molecule is Cc1cccc(N2CCC[N+](C)=C2c2ccccc2I)c1C. The third kappa shape index (κ3) is 2.78. The third-order valence-electron chi connectivity index (χ3n) is 4.47. The van der Waals surface area contributed by atoms with Gasteiger partial charge in [-0.15, -0.1) is 0 Å². The Morgan fingerprint density at radius 2 is 1.82 bits per heavy atom. The van der Waals surface area contributed by atoms with Gasteiger partial charge in [-0.2, -0.15) is 0 Å². The van der Waals surface area contributed by atoms with Crippen molar-refractivity contribution >= 4 is 34.1 Å². The van der Waals surface area contributed by atoms with Crippen LogP contribution in [0.3, 0.4) is 0 Å². The number of nitrogens with zero attached hydrogens (tertiary/aromatic N) is 2. The number of anilines is 1. The van der Waals surface area contributed by atoms with Crippen molar-refractivity contribution in [2.45, 2.75) is 20.3 Å². The van der Waals surface area contributed by atoms with Crippen LogP contribution in [-0.4, -0.2) is 30.5 Å². The number of hydrogen-bond acceptors (Lipinski definition) is 1. The minimum Gasteiger partial charge on any atom is -0.264 e. The molecule has 0 spiro atoms. The fraction of sp³-hybridized carbons (Fsp3) is 0.316. The van der Waals surface area contributed by atoms with Crippen molar-refractivity contribution in [1.82, 2.24) is 0 Å². The molecule has 0 saturated heterocycles. The van der Waals surface area contributed by atoms with Crippen LogP contribution in [0.4, 0.5) is 5.69 Å². The first-order valence-electron chi connectivity index (χ1n) is 7.76. The highest BCUT2D eigenvalue weighted by Gasteiger charge is 2.31. The summed E-state index contributed by atoms with van der Waals surface area (Å²) in [5.74, 6) is 1.32. The highest BCUT2D eigenvalue weighted by molar-refractivity contribution is 14.1. The summed E-state index contributed by atoms with van der Waals surface area (Å²) < 4.78 is 3.70. The second kappa shape index (κ2) is 6.41. The minimum atomic E-state index is 1.08. The van der Waals surface area contributed by atoms with Crippen LogP contribution >= 0.6 is 22.6 Å². The van der Waals surface area contributed by atoms with Gasteiger partial charge < -0.3 is 0 Å². The lowest BCUT2D eigenvalue weighted by molar-refractivity contribution is -0.501. The van der Waals surface area contributed by atoms with Crippen molar-refractivity contribution < 1.29 is 4.58 Å². The summed E-state index contributed by atoms with van der Waals surface area (Å²) in [6, 6.07) is 15.3. The van der Waals surface area contributed by atoms with E-state index in [1.54, 1.807) is 0 Å². The van der Waals surface area contributed by atoms with E-state index in [1.807, 2.05) is 0 Å². The van der Waals surface area contributed by atoms with Gasteiger partial charge in [0.15, 0.2) is 0 Å². The number of aryl methyl sites for hydroxylation is 1. The lowest BCUT2D eigenvalue weighted by atomic mass is 10.0. The Kier molecular flexibility index (Phi) is 4.52. The molecule has 22 heavy (non-hydrogen) atoms. The fourth-order valence-corrected chi connectivity index (χ4v) is 3.77. The summed E-state index contributed by atoms with van der Waals surface area (Å²) in [4.78, 5) is 2.49. The normalized spacial score (nSPS) is 15.4. The number of amidine groups is 1. The van der Waals surface area contributed by atoms with Gasteiger partial charge in [-0.3, -0.25) is 4.58 Å². The zero-order chi connectivity index (χ0) is 15.7. The average molecular weight is 405 g/mol. The molecular formula is C19H22IN2+. The van der Waals surface area contributed by atoms with E-state index in [4.69, 9.17) is 0 Å². The molecule has 3 heteroatoms. The Morgan fingerprint density at radius 1 is 1.05 bits per heavy atom. The van der Waals surface area contributed by atoms with Crippen LogP contribution in [0.5, 0.6) is 0 Å². The van der Waals surface area contributed by atoms with Gasteiger partial charge in [0.1, 0.15) is 5.69 Å². The second-order valence-corrected chi connectivity index (χ2v) is 7.11. The summed E-state index contributed by atoms with van der Waals surface area (Å²) in [5, 5.41) is 0. The Labute approximate surface area is 146 Å². The molecule has 0 saturated carbocycles. The fourth-order valence-electron chi connectivity index (χ4n) is 3.14. The molecule has 0 N–H and O–H groups in total. The van der Waals surface area contributed by atoms with Crippen molar-refractivity contribution in [2.24, 2.45) is 0 Å². The van der Waals surface area contributed by atoms with Crippen molar-refractivity contribution in [2.75, 3.05) is 25.0 Å². The first-order chi connectivity index (χ1) is 10.6. The van der Waals surface area contributed by atoms with Crippen LogP contribution in [0.1, 0.15) is 23.1 Å². The standard InChI is InChI=1S/C19H22IN2/c1-14-8-6-11-18(15(14)2)22-13-7-12-21(3)19(22)16-9-4-5-10-17(16)20/h4-6,8-11H,7,12-13H2,1-3H3/q+1. The largest absolute Gasteiger partial charge is 0.285 e. The van der Waals surface area contributed by atoms with Gasteiger partial charge in [0.05, 0.1) is 25.7 Å². The van der Waals surface area contributed by atoms with Gasteiger partial charge in [-0.1, -0.05) is 24.3 Å². The number of hydrogen-bond donors (Lipinski definition) is 0. The topological polar surface area (TPSA) is 6.25 Å². The monoisotopic (exact) mass is 405 g/mol. The van der Waals surface area contributed by atoms with Crippen molar-refractivity contribution in [3.05, 3.63) is 62.7 Å². The highest BCUT2D eigenvalue weighted by atomic mass is 127.